The number of amides is 1. The van der Waals surface area contributed by atoms with Crippen molar-refractivity contribution in [3.05, 3.63) is 51.8 Å². The molecule has 1 amide bonds. The van der Waals surface area contributed by atoms with Gasteiger partial charge in [-0.05, 0) is 46.5 Å². The van der Waals surface area contributed by atoms with Crippen LogP contribution in [0.5, 0.6) is 5.75 Å². The lowest BCUT2D eigenvalue weighted by Crippen LogP contribution is -2.34. The summed E-state index contributed by atoms with van der Waals surface area (Å²) in [5.41, 5.74) is 2.89. The van der Waals surface area contributed by atoms with Crippen LogP contribution in [0.2, 0.25) is 0 Å². The molecule has 6 nitrogen and oxygen atoms in total. The van der Waals surface area contributed by atoms with Gasteiger partial charge in [-0.3, -0.25) is 4.79 Å². The van der Waals surface area contributed by atoms with E-state index in [4.69, 9.17) is 4.74 Å². The molecule has 28 heavy (non-hydrogen) atoms. The van der Waals surface area contributed by atoms with Crippen LogP contribution in [0.15, 0.2) is 24.3 Å². The quantitative estimate of drug-likeness (QED) is 0.686. The molecule has 1 unspecified atom stereocenters. The normalized spacial score (nSPS) is 12.4. The third-order valence-corrected chi connectivity index (χ3v) is 6.05. The van der Waals surface area contributed by atoms with Crippen molar-refractivity contribution in [3.8, 4) is 5.75 Å². The standard InChI is InChI=1S/C21H26N4O2S/c1-12-18-13(2)23-14(3)24-21(18)28-19(12)20(26)22-11-16(25(4)5)15-9-7-8-10-17(15)27-6/h7-10,16H,11H2,1-6H3,(H,22,26). The van der Waals surface area contributed by atoms with Crippen molar-refractivity contribution >= 4 is 27.5 Å². The zero-order valence-corrected chi connectivity index (χ0v) is 18.0. The number of carbonyl (C=O) groups excluding carboxylic acids is 1. The molecule has 0 radical (unpaired) electrons. The maximum atomic E-state index is 12.9. The van der Waals surface area contributed by atoms with Crippen molar-refractivity contribution in [3.63, 3.8) is 0 Å². The summed E-state index contributed by atoms with van der Waals surface area (Å²) in [5, 5.41) is 4.07. The maximum absolute atomic E-state index is 12.9. The minimum atomic E-state index is -0.0840. The molecule has 0 aliphatic heterocycles. The maximum Gasteiger partial charge on any atom is 0.261 e. The number of para-hydroxylation sites is 1. The number of nitrogens with zero attached hydrogens (tertiary/aromatic N) is 3. The van der Waals surface area contributed by atoms with E-state index in [1.54, 1.807) is 7.11 Å². The van der Waals surface area contributed by atoms with Gasteiger partial charge in [0.25, 0.3) is 5.91 Å². The number of rotatable bonds is 6. The molecule has 1 aromatic carbocycles. The molecular formula is C21H26N4O2S. The Morgan fingerprint density at radius 3 is 2.61 bits per heavy atom. The van der Waals surface area contributed by atoms with Crippen molar-refractivity contribution in [2.75, 3.05) is 27.7 Å². The van der Waals surface area contributed by atoms with Crippen LogP contribution in [0.3, 0.4) is 0 Å². The lowest BCUT2D eigenvalue weighted by Gasteiger charge is -2.26. The highest BCUT2D eigenvalue weighted by molar-refractivity contribution is 7.20. The summed E-state index contributed by atoms with van der Waals surface area (Å²) in [6, 6.07) is 7.89. The Morgan fingerprint density at radius 2 is 1.93 bits per heavy atom. The molecule has 0 aliphatic rings. The Labute approximate surface area is 169 Å². The van der Waals surface area contributed by atoms with Gasteiger partial charge in [-0.1, -0.05) is 18.2 Å². The molecule has 3 aromatic rings. The summed E-state index contributed by atoms with van der Waals surface area (Å²) in [5.74, 6) is 1.45. The number of thiophene rings is 1. The fourth-order valence-corrected chi connectivity index (χ4v) is 4.67. The summed E-state index contributed by atoms with van der Waals surface area (Å²) < 4.78 is 5.50. The second-order valence-electron chi connectivity index (χ2n) is 7.02. The van der Waals surface area contributed by atoms with Crippen molar-refractivity contribution < 1.29 is 9.53 Å². The van der Waals surface area contributed by atoms with Crippen LogP contribution in [0, 0.1) is 20.8 Å². The van der Waals surface area contributed by atoms with E-state index in [1.165, 1.54) is 11.3 Å². The fourth-order valence-electron chi connectivity index (χ4n) is 3.47. The lowest BCUT2D eigenvalue weighted by atomic mass is 10.0. The molecule has 2 aromatic heterocycles. The number of carbonyl (C=O) groups is 1. The molecule has 3 rings (SSSR count). The van der Waals surface area contributed by atoms with Crippen LogP contribution in [-0.2, 0) is 0 Å². The molecule has 0 saturated carbocycles. The first-order valence-corrected chi connectivity index (χ1v) is 9.97. The largest absolute Gasteiger partial charge is 0.496 e. The van der Waals surface area contributed by atoms with E-state index < -0.39 is 0 Å². The van der Waals surface area contributed by atoms with Crippen molar-refractivity contribution in [1.29, 1.82) is 0 Å². The van der Waals surface area contributed by atoms with Gasteiger partial charge in [-0.15, -0.1) is 11.3 Å². The second-order valence-corrected chi connectivity index (χ2v) is 8.02. The first-order valence-electron chi connectivity index (χ1n) is 9.15. The van der Waals surface area contributed by atoms with Crippen LogP contribution in [0.4, 0.5) is 0 Å². The summed E-state index contributed by atoms with van der Waals surface area (Å²) in [7, 11) is 5.65. The van der Waals surface area contributed by atoms with Crippen LogP contribution < -0.4 is 10.1 Å². The predicted octanol–water partition coefficient (Wildman–Crippen LogP) is 3.66. The Hall–Kier alpha value is -2.51. The van der Waals surface area contributed by atoms with E-state index in [2.05, 4.69) is 20.2 Å². The van der Waals surface area contributed by atoms with E-state index >= 15 is 0 Å². The molecule has 2 heterocycles. The monoisotopic (exact) mass is 398 g/mol. The summed E-state index contributed by atoms with van der Waals surface area (Å²) in [4.78, 5) is 25.5. The molecule has 0 spiro atoms. The zero-order valence-electron chi connectivity index (χ0n) is 17.2. The molecule has 0 fully saturated rings. The first-order chi connectivity index (χ1) is 13.3. The van der Waals surface area contributed by atoms with Gasteiger partial charge in [0, 0.05) is 23.2 Å². The Bertz CT molecular complexity index is 1010. The molecule has 0 bridgehead atoms. The van der Waals surface area contributed by atoms with Gasteiger partial charge in [0.2, 0.25) is 0 Å². The zero-order chi connectivity index (χ0) is 20.4. The van der Waals surface area contributed by atoms with E-state index in [1.807, 2.05) is 59.1 Å². The molecule has 0 aliphatic carbocycles. The predicted molar refractivity (Wildman–Crippen MR) is 113 cm³/mol. The minimum absolute atomic E-state index is 0.00134. The topological polar surface area (TPSA) is 67.3 Å². The van der Waals surface area contributed by atoms with Crippen molar-refractivity contribution in [2.45, 2.75) is 26.8 Å². The van der Waals surface area contributed by atoms with Crippen LogP contribution in [0.25, 0.3) is 10.2 Å². The average Bonchev–Trinajstić information content (AvgIpc) is 2.98. The number of hydrogen-bond acceptors (Lipinski definition) is 6. The van der Waals surface area contributed by atoms with Gasteiger partial charge in [0.1, 0.15) is 16.4 Å². The van der Waals surface area contributed by atoms with Gasteiger partial charge in [0.15, 0.2) is 0 Å². The number of nitrogens with one attached hydrogen (secondary N) is 1. The number of benzene rings is 1. The van der Waals surface area contributed by atoms with Crippen LogP contribution in [0.1, 0.15) is 38.4 Å². The highest BCUT2D eigenvalue weighted by Crippen LogP contribution is 2.32. The van der Waals surface area contributed by atoms with E-state index in [0.29, 0.717) is 11.4 Å². The van der Waals surface area contributed by atoms with E-state index in [0.717, 1.165) is 38.6 Å². The fraction of sp³-hybridized carbons (Fsp3) is 0.381. The number of aryl methyl sites for hydroxylation is 3. The molecule has 1 N–H and O–H groups in total. The summed E-state index contributed by atoms with van der Waals surface area (Å²) in [6.45, 7) is 6.27. The average molecular weight is 399 g/mol. The van der Waals surface area contributed by atoms with Gasteiger partial charge < -0.3 is 15.0 Å². The third-order valence-electron chi connectivity index (χ3n) is 4.87. The van der Waals surface area contributed by atoms with Crippen LogP contribution in [-0.4, -0.2) is 48.5 Å². The highest BCUT2D eigenvalue weighted by Gasteiger charge is 2.22. The SMILES string of the molecule is COc1ccccc1C(CNC(=O)c1sc2nc(C)nc(C)c2c1C)N(C)C. The number of likely N-dealkylation sites (N-methyl/N-ethyl adjacent to an activating group) is 1. The smallest absolute Gasteiger partial charge is 0.261 e. The molecule has 7 heteroatoms. The molecular weight excluding hydrogens is 372 g/mol. The molecule has 1 atom stereocenters. The molecule has 148 valence electrons. The highest BCUT2D eigenvalue weighted by atomic mass is 32.1. The van der Waals surface area contributed by atoms with E-state index in [9.17, 15) is 4.79 Å². The number of ether oxygens (including phenoxy) is 1. The van der Waals surface area contributed by atoms with Crippen molar-refractivity contribution in [1.82, 2.24) is 20.2 Å². The Morgan fingerprint density at radius 1 is 1.21 bits per heavy atom. The number of fused-ring (bicyclic) bond motifs is 1. The van der Waals surface area contributed by atoms with Gasteiger partial charge in [-0.2, -0.15) is 0 Å². The van der Waals surface area contributed by atoms with Crippen molar-refractivity contribution in [2.24, 2.45) is 0 Å². The van der Waals surface area contributed by atoms with Crippen LogP contribution >= 0.6 is 11.3 Å². The lowest BCUT2D eigenvalue weighted by molar-refractivity contribution is 0.0945. The van der Waals surface area contributed by atoms with Gasteiger partial charge >= 0.3 is 0 Å². The first kappa shape index (κ1) is 20.2. The Kier molecular flexibility index (Phi) is 5.96. The Balaban J connectivity index is 1.85. The van der Waals surface area contributed by atoms with Gasteiger partial charge in [0.05, 0.1) is 18.0 Å². The number of aromatic nitrogens is 2. The number of hydrogen-bond donors (Lipinski definition) is 1. The van der Waals surface area contributed by atoms with Gasteiger partial charge in [-0.25, -0.2) is 9.97 Å². The summed E-state index contributed by atoms with van der Waals surface area (Å²) >= 11 is 1.42. The minimum Gasteiger partial charge on any atom is -0.496 e. The summed E-state index contributed by atoms with van der Waals surface area (Å²) in [6.07, 6.45) is 0. The van der Waals surface area contributed by atoms with E-state index in [-0.39, 0.29) is 11.9 Å². The molecule has 0 saturated heterocycles. The number of methoxy groups -OCH3 is 1. The second kappa shape index (κ2) is 8.24. The third kappa shape index (κ3) is 3.86.